The number of piperidine rings is 1. The highest BCUT2D eigenvalue weighted by Crippen LogP contribution is 2.31. The Labute approximate surface area is 181 Å². The Kier molecular flexibility index (Phi) is 5.28. The monoisotopic (exact) mass is 418 g/mol. The maximum Gasteiger partial charge on any atom is 0.255 e. The van der Waals surface area contributed by atoms with E-state index in [2.05, 4.69) is 21.7 Å². The van der Waals surface area contributed by atoms with Crippen LogP contribution in [0.25, 0.3) is 11.3 Å². The van der Waals surface area contributed by atoms with E-state index in [0.717, 1.165) is 23.4 Å². The fraction of sp³-hybridized carbons (Fsp3) is 0.417. The minimum atomic E-state index is -0.593. The van der Waals surface area contributed by atoms with Gasteiger partial charge in [-0.3, -0.25) is 24.7 Å². The summed E-state index contributed by atoms with van der Waals surface area (Å²) in [7, 11) is 0. The number of fused-ring (bicyclic) bond motifs is 1. The van der Waals surface area contributed by atoms with Crippen LogP contribution in [0.2, 0.25) is 0 Å². The molecule has 3 aliphatic rings. The van der Waals surface area contributed by atoms with Gasteiger partial charge in [0.25, 0.3) is 5.91 Å². The van der Waals surface area contributed by atoms with Crippen molar-refractivity contribution in [3.05, 3.63) is 53.2 Å². The number of hydrogen-bond donors (Lipinski definition) is 2. The minimum absolute atomic E-state index is 0.154. The number of rotatable bonds is 5. The van der Waals surface area contributed by atoms with Crippen molar-refractivity contribution in [2.24, 2.45) is 0 Å². The lowest BCUT2D eigenvalue weighted by Crippen LogP contribution is -2.52. The topological polar surface area (TPSA) is 91.4 Å². The van der Waals surface area contributed by atoms with Crippen molar-refractivity contribution in [3.63, 3.8) is 0 Å². The molecule has 160 valence electrons. The number of amides is 3. The number of aromatic nitrogens is 1. The van der Waals surface area contributed by atoms with Crippen molar-refractivity contribution >= 4 is 17.7 Å². The molecule has 1 saturated carbocycles. The van der Waals surface area contributed by atoms with Gasteiger partial charge < -0.3 is 10.2 Å². The van der Waals surface area contributed by atoms with Crippen LogP contribution in [0.5, 0.6) is 0 Å². The number of imide groups is 1. The van der Waals surface area contributed by atoms with Crippen molar-refractivity contribution in [2.75, 3.05) is 0 Å². The van der Waals surface area contributed by atoms with Crippen LogP contribution in [0.3, 0.4) is 0 Å². The molecule has 3 amide bonds. The van der Waals surface area contributed by atoms with Gasteiger partial charge in [-0.2, -0.15) is 0 Å². The van der Waals surface area contributed by atoms with Crippen LogP contribution in [0.1, 0.15) is 60.0 Å². The van der Waals surface area contributed by atoms with Crippen molar-refractivity contribution in [3.8, 4) is 11.3 Å². The zero-order valence-corrected chi connectivity index (χ0v) is 17.4. The molecule has 0 radical (unpaired) electrons. The van der Waals surface area contributed by atoms with Crippen LogP contribution in [-0.4, -0.2) is 39.7 Å². The van der Waals surface area contributed by atoms with Crippen molar-refractivity contribution in [2.45, 2.75) is 63.7 Å². The number of carbonyl (C=O) groups is 3. The lowest BCUT2D eigenvalue weighted by Gasteiger charge is -2.29. The largest absolute Gasteiger partial charge is 0.322 e. The van der Waals surface area contributed by atoms with Gasteiger partial charge in [-0.1, -0.05) is 18.9 Å². The van der Waals surface area contributed by atoms with Crippen molar-refractivity contribution < 1.29 is 14.4 Å². The molecule has 31 heavy (non-hydrogen) atoms. The van der Waals surface area contributed by atoms with E-state index in [1.165, 1.54) is 31.2 Å². The van der Waals surface area contributed by atoms with E-state index in [0.29, 0.717) is 24.6 Å². The lowest BCUT2D eigenvalue weighted by molar-refractivity contribution is -0.136. The summed E-state index contributed by atoms with van der Waals surface area (Å²) in [6, 6.07) is 9.89. The van der Waals surface area contributed by atoms with Crippen LogP contribution >= 0.6 is 0 Å². The zero-order chi connectivity index (χ0) is 21.4. The number of pyridine rings is 1. The Morgan fingerprint density at radius 1 is 1.06 bits per heavy atom. The third-order valence-electron chi connectivity index (χ3n) is 6.59. The number of nitrogens with one attached hydrogen (secondary N) is 2. The van der Waals surface area contributed by atoms with Gasteiger partial charge in [0, 0.05) is 42.9 Å². The maximum atomic E-state index is 12.9. The summed E-state index contributed by atoms with van der Waals surface area (Å²) in [4.78, 5) is 42.6. The molecule has 1 unspecified atom stereocenters. The first-order valence-corrected chi connectivity index (χ1v) is 11.0. The minimum Gasteiger partial charge on any atom is -0.322 e. The molecule has 7 nitrogen and oxygen atoms in total. The Morgan fingerprint density at radius 2 is 1.90 bits per heavy atom. The van der Waals surface area contributed by atoms with E-state index >= 15 is 0 Å². The van der Waals surface area contributed by atoms with Gasteiger partial charge in [-0.05, 0) is 54.7 Å². The highest BCUT2D eigenvalue weighted by Gasteiger charge is 2.39. The van der Waals surface area contributed by atoms with E-state index in [-0.39, 0.29) is 24.1 Å². The van der Waals surface area contributed by atoms with Gasteiger partial charge in [0.05, 0.1) is 5.69 Å². The smallest absolute Gasteiger partial charge is 0.255 e. The van der Waals surface area contributed by atoms with Crippen LogP contribution in [0.15, 0.2) is 36.5 Å². The first kappa shape index (κ1) is 19.9. The van der Waals surface area contributed by atoms with Gasteiger partial charge >= 0.3 is 0 Å². The number of nitrogens with zero attached hydrogens (tertiary/aromatic N) is 2. The van der Waals surface area contributed by atoms with Gasteiger partial charge in [-0.25, -0.2) is 0 Å². The van der Waals surface area contributed by atoms with E-state index in [1.807, 2.05) is 30.5 Å². The molecule has 3 heterocycles. The molecule has 1 aliphatic carbocycles. The summed E-state index contributed by atoms with van der Waals surface area (Å²) in [6.07, 6.45) is 7.57. The van der Waals surface area contributed by atoms with Crippen molar-refractivity contribution in [1.29, 1.82) is 0 Å². The second kappa shape index (κ2) is 8.23. The third-order valence-corrected chi connectivity index (χ3v) is 6.59. The Bertz CT molecular complexity index is 1040. The Balaban J connectivity index is 1.32. The molecule has 0 spiro atoms. The van der Waals surface area contributed by atoms with Crippen LogP contribution < -0.4 is 10.6 Å². The fourth-order valence-corrected chi connectivity index (χ4v) is 4.87. The van der Waals surface area contributed by atoms with E-state index < -0.39 is 6.04 Å². The number of carbonyl (C=O) groups excluding carboxylic acids is 3. The van der Waals surface area contributed by atoms with E-state index in [9.17, 15) is 14.4 Å². The highest BCUT2D eigenvalue weighted by atomic mass is 16.2. The molecule has 2 aliphatic heterocycles. The summed E-state index contributed by atoms with van der Waals surface area (Å²) in [6.45, 7) is 1.20. The molecule has 2 fully saturated rings. The normalized spacial score (nSPS) is 21.5. The van der Waals surface area contributed by atoms with Crippen LogP contribution in [-0.2, 0) is 22.7 Å². The molecule has 1 saturated heterocycles. The first-order chi connectivity index (χ1) is 15.1. The molecule has 1 aromatic carbocycles. The van der Waals surface area contributed by atoms with Crippen LogP contribution in [0.4, 0.5) is 0 Å². The highest BCUT2D eigenvalue weighted by molar-refractivity contribution is 6.05. The Morgan fingerprint density at radius 3 is 2.71 bits per heavy atom. The Hall–Kier alpha value is -3.06. The average Bonchev–Trinajstić information content (AvgIpc) is 3.40. The predicted molar refractivity (Wildman–Crippen MR) is 115 cm³/mol. The predicted octanol–water partition coefficient (Wildman–Crippen LogP) is 2.54. The number of benzene rings is 1. The molecule has 5 rings (SSSR count). The SMILES string of the molecule is O=C1CCC(N2Cc3cc(-c4cc(CNC5CCCC5)ccn4)ccc3C2=O)C(=O)N1. The molecular weight excluding hydrogens is 392 g/mol. The average molecular weight is 418 g/mol. The molecule has 2 N–H and O–H groups in total. The second-order valence-corrected chi connectivity index (χ2v) is 8.68. The quantitative estimate of drug-likeness (QED) is 0.728. The fourth-order valence-electron chi connectivity index (χ4n) is 4.87. The van der Waals surface area contributed by atoms with E-state index in [4.69, 9.17) is 0 Å². The van der Waals surface area contributed by atoms with Gasteiger partial charge in [0.1, 0.15) is 6.04 Å². The third kappa shape index (κ3) is 3.97. The molecule has 1 aromatic heterocycles. The summed E-state index contributed by atoms with van der Waals surface area (Å²) < 4.78 is 0. The molecule has 7 heteroatoms. The summed E-state index contributed by atoms with van der Waals surface area (Å²) >= 11 is 0. The molecule has 1 atom stereocenters. The summed E-state index contributed by atoms with van der Waals surface area (Å²) in [5, 5.41) is 5.97. The molecule has 0 bridgehead atoms. The maximum absolute atomic E-state index is 12.9. The number of hydrogen-bond acceptors (Lipinski definition) is 5. The van der Waals surface area contributed by atoms with E-state index in [1.54, 1.807) is 4.90 Å². The van der Waals surface area contributed by atoms with Gasteiger partial charge in [0.2, 0.25) is 11.8 Å². The molecule has 2 aromatic rings. The van der Waals surface area contributed by atoms with Gasteiger partial charge in [0.15, 0.2) is 0 Å². The van der Waals surface area contributed by atoms with Crippen molar-refractivity contribution in [1.82, 2.24) is 20.5 Å². The molecular formula is C24H26N4O3. The first-order valence-electron chi connectivity index (χ1n) is 11.0. The summed E-state index contributed by atoms with van der Waals surface area (Å²) in [5.41, 5.74) is 4.54. The lowest BCUT2D eigenvalue weighted by atomic mass is 10.0. The summed E-state index contributed by atoms with van der Waals surface area (Å²) in [5.74, 6) is -0.818. The standard InChI is InChI=1S/C24H26N4O3/c29-22-8-7-21(23(30)27-22)28-14-17-12-16(5-6-19(17)24(28)31)20-11-15(9-10-25-20)13-26-18-3-1-2-4-18/h5-6,9-12,18,21,26H,1-4,7-8,13-14H2,(H,27,29,30). The zero-order valence-electron chi connectivity index (χ0n) is 17.4. The van der Waals surface area contributed by atoms with Crippen LogP contribution in [0, 0.1) is 0 Å². The van der Waals surface area contributed by atoms with Gasteiger partial charge in [-0.15, -0.1) is 0 Å². The second-order valence-electron chi connectivity index (χ2n) is 8.68.